The fourth-order valence-corrected chi connectivity index (χ4v) is 2.52. The quantitative estimate of drug-likeness (QED) is 0.560. The molecule has 2 aromatic rings. The normalized spacial score (nSPS) is 10.6. The lowest BCUT2D eigenvalue weighted by molar-refractivity contribution is 0.0955. The van der Waals surface area contributed by atoms with E-state index in [-0.39, 0.29) is 5.91 Å². The Balaban J connectivity index is 2.06. The number of halogens is 1. The van der Waals surface area contributed by atoms with Crippen LogP contribution >= 0.6 is 11.6 Å². The predicted octanol–water partition coefficient (Wildman–Crippen LogP) is 3.91. The molecule has 1 N–H and O–H groups in total. The summed E-state index contributed by atoms with van der Waals surface area (Å²) in [4.78, 5) is 12.1. The number of methoxy groups -OCH3 is 1. The first-order chi connectivity index (χ1) is 12.6. The van der Waals surface area contributed by atoms with Crippen molar-refractivity contribution in [2.24, 2.45) is 5.10 Å². The van der Waals surface area contributed by atoms with Crippen LogP contribution in [0.5, 0.6) is 17.2 Å². The van der Waals surface area contributed by atoms with Crippen LogP contribution in [0.3, 0.4) is 0 Å². The molecule has 26 heavy (non-hydrogen) atoms. The van der Waals surface area contributed by atoms with E-state index in [2.05, 4.69) is 10.5 Å². The molecule has 1 amide bonds. The molecule has 138 valence electrons. The van der Waals surface area contributed by atoms with E-state index in [0.29, 0.717) is 46.6 Å². The highest BCUT2D eigenvalue weighted by Gasteiger charge is 2.11. The molecule has 0 saturated carbocycles. The number of hydrogen-bond donors (Lipinski definition) is 1. The average molecular weight is 377 g/mol. The minimum atomic E-state index is -0.325. The molecule has 0 aliphatic heterocycles. The van der Waals surface area contributed by atoms with Crippen molar-refractivity contribution in [1.29, 1.82) is 0 Å². The molecule has 0 aliphatic rings. The van der Waals surface area contributed by atoms with Crippen LogP contribution in [0.2, 0.25) is 5.02 Å². The Hall–Kier alpha value is -2.73. The first kappa shape index (κ1) is 19.6. The number of carbonyl (C=O) groups is 1. The zero-order chi connectivity index (χ0) is 18.9. The summed E-state index contributed by atoms with van der Waals surface area (Å²) in [7, 11) is 1.52. The van der Waals surface area contributed by atoms with E-state index in [1.807, 2.05) is 13.8 Å². The second-order valence-electron chi connectivity index (χ2n) is 5.12. The van der Waals surface area contributed by atoms with Crippen molar-refractivity contribution in [3.05, 3.63) is 52.5 Å². The van der Waals surface area contributed by atoms with Crippen molar-refractivity contribution < 1.29 is 19.0 Å². The number of carbonyl (C=O) groups excluding carboxylic acids is 1. The lowest BCUT2D eigenvalue weighted by Crippen LogP contribution is -2.17. The summed E-state index contributed by atoms with van der Waals surface area (Å²) in [5.41, 5.74) is 3.63. The minimum Gasteiger partial charge on any atom is -0.494 e. The number of amides is 1. The number of nitrogens with zero attached hydrogens (tertiary/aromatic N) is 1. The van der Waals surface area contributed by atoms with Gasteiger partial charge in [-0.2, -0.15) is 5.10 Å². The molecular formula is C19H21ClN2O4. The van der Waals surface area contributed by atoms with Gasteiger partial charge in [-0.05, 0) is 55.8 Å². The highest BCUT2D eigenvalue weighted by Crippen LogP contribution is 2.35. The molecule has 7 heteroatoms. The Morgan fingerprint density at radius 3 is 2.46 bits per heavy atom. The van der Waals surface area contributed by atoms with Gasteiger partial charge in [0.25, 0.3) is 5.91 Å². The monoisotopic (exact) mass is 376 g/mol. The summed E-state index contributed by atoms with van der Waals surface area (Å²) in [6.45, 7) is 4.81. The molecule has 0 unspecified atom stereocenters. The molecule has 0 bridgehead atoms. The number of ether oxygens (including phenoxy) is 3. The largest absolute Gasteiger partial charge is 0.494 e. The van der Waals surface area contributed by atoms with Crippen molar-refractivity contribution in [2.45, 2.75) is 13.8 Å². The fraction of sp³-hybridized carbons (Fsp3) is 0.263. The van der Waals surface area contributed by atoms with Gasteiger partial charge in [0, 0.05) is 5.56 Å². The van der Waals surface area contributed by atoms with Crippen molar-refractivity contribution in [3.8, 4) is 17.2 Å². The van der Waals surface area contributed by atoms with Crippen LogP contribution in [0.4, 0.5) is 0 Å². The SMILES string of the molecule is CCOc1ccc(C(=O)N/N=C\c2cc(Cl)c(OC)c(OCC)c2)cc1. The van der Waals surface area contributed by atoms with Gasteiger partial charge < -0.3 is 14.2 Å². The van der Waals surface area contributed by atoms with Crippen molar-refractivity contribution in [1.82, 2.24) is 5.43 Å². The Bertz CT molecular complexity index is 776. The molecule has 0 heterocycles. The molecule has 2 rings (SSSR count). The summed E-state index contributed by atoms with van der Waals surface area (Å²) >= 11 is 6.18. The van der Waals surface area contributed by atoms with E-state index >= 15 is 0 Å². The standard InChI is InChI=1S/C19H21ClN2O4/c1-4-25-15-8-6-14(7-9-15)19(23)22-21-12-13-10-16(20)18(24-3)17(11-13)26-5-2/h6-12H,4-5H2,1-3H3,(H,22,23)/b21-12-. The van der Waals surface area contributed by atoms with E-state index in [0.717, 1.165) is 0 Å². The summed E-state index contributed by atoms with van der Waals surface area (Å²) in [6.07, 6.45) is 1.49. The number of hydrazone groups is 1. The summed E-state index contributed by atoms with van der Waals surface area (Å²) < 4.78 is 16.1. The third-order valence-electron chi connectivity index (χ3n) is 3.34. The van der Waals surface area contributed by atoms with Crippen LogP contribution in [-0.2, 0) is 0 Å². The third-order valence-corrected chi connectivity index (χ3v) is 3.62. The zero-order valence-electron chi connectivity index (χ0n) is 14.9. The number of rotatable bonds is 8. The Labute approximate surface area is 157 Å². The molecule has 2 aromatic carbocycles. The third kappa shape index (κ3) is 5.13. The van der Waals surface area contributed by atoms with Gasteiger partial charge in [-0.25, -0.2) is 5.43 Å². The molecule has 0 atom stereocenters. The first-order valence-electron chi connectivity index (χ1n) is 8.15. The molecule has 0 radical (unpaired) electrons. The maximum absolute atomic E-state index is 12.1. The highest BCUT2D eigenvalue weighted by atomic mass is 35.5. The molecule has 0 spiro atoms. The smallest absolute Gasteiger partial charge is 0.271 e. The van der Waals surface area contributed by atoms with Crippen molar-refractivity contribution in [2.75, 3.05) is 20.3 Å². The molecule has 0 fully saturated rings. The zero-order valence-corrected chi connectivity index (χ0v) is 15.7. The lowest BCUT2D eigenvalue weighted by atomic mass is 10.2. The van der Waals surface area contributed by atoms with Crippen LogP contribution in [0.15, 0.2) is 41.5 Å². The lowest BCUT2D eigenvalue weighted by Gasteiger charge is -2.11. The molecule has 6 nitrogen and oxygen atoms in total. The van der Waals surface area contributed by atoms with Crippen LogP contribution in [0.1, 0.15) is 29.8 Å². The topological polar surface area (TPSA) is 69.2 Å². The number of hydrogen-bond acceptors (Lipinski definition) is 5. The molecule has 0 aromatic heterocycles. The second kappa shape index (κ2) is 9.68. The Kier molecular flexibility index (Phi) is 7.29. The van der Waals surface area contributed by atoms with Crippen LogP contribution < -0.4 is 19.6 Å². The van der Waals surface area contributed by atoms with Gasteiger partial charge in [0.15, 0.2) is 11.5 Å². The Morgan fingerprint density at radius 1 is 1.15 bits per heavy atom. The van der Waals surface area contributed by atoms with Crippen LogP contribution in [0, 0.1) is 0 Å². The summed E-state index contributed by atoms with van der Waals surface area (Å²) in [5, 5.41) is 4.36. The second-order valence-corrected chi connectivity index (χ2v) is 5.53. The fourth-order valence-electron chi connectivity index (χ4n) is 2.22. The predicted molar refractivity (Wildman–Crippen MR) is 102 cm³/mol. The number of benzene rings is 2. The van der Waals surface area contributed by atoms with Crippen LogP contribution in [0.25, 0.3) is 0 Å². The van der Waals surface area contributed by atoms with Crippen LogP contribution in [-0.4, -0.2) is 32.4 Å². The summed E-state index contributed by atoms with van der Waals surface area (Å²) in [5.74, 6) is 1.36. The van der Waals surface area contributed by atoms with Gasteiger partial charge in [0.1, 0.15) is 5.75 Å². The van der Waals surface area contributed by atoms with E-state index in [1.54, 1.807) is 36.4 Å². The molecule has 0 aliphatic carbocycles. The molecular weight excluding hydrogens is 356 g/mol. The first-order valence-corrected chi connectivity index (χ1v) is 8.53. The average Bonchev–Trinajstić information content (AvgIpc) is 2.63. The van der Waals surface area contributed by atoms with E-state index in [9.17, 15) is 4.79 Å². The van der Waals surface area contributed by atoms with Crippen molar-refractivity contribution >= 4 is 23.7 Å². The van der Waals surface area contributed by atoms with Gasteiger partial charge >= 0.3 is 0 Å². The van der Waals surface area contributed by atoms with Crippen molar-refractivity contribution in [3.63, 3.8) is 0 Å². The maximum atomic E-state index is 12.1. The van der Waals surface area contributed by atoms with E-state index < -0.39 is 0 Å². The van der Waals surface area contributed by atoms with Gasteiger partial charge in [-0.3, -0.25) is 4.79 Å². The van der Waals surface area contributed by atoms with Gasteiger partial charge in [-0.15, -0.1) is 0 Å². The van der Waals surface area contributed by atoms with E-state index in [1.165, 1.54) is 13.3 Å². The van der Waals surface area contributed by atoms with E-state index in [4.69, 9.17) is 25.8 Å². The Morgan fingerprint density at radius 2 is 1.85 bits per heavy atom. The number of nitrogens with one attached hydrogen (secondary N) is 1. The van der Waals surface area contributed by atoms with Gasteiger partial charge in [0.05, 0.1) is 31.6 Å². The molecule has 0 saturated heterocycles. The van der Waals surface area contributed by atoms with Gasteiger partial charge in [0.2, 0.25) is 0 Å². The summed E-state index contributed by atoms with van der Waals surface area (Å²) in [6, 6.07) is 10.2. The highest BCUT2D eigenvalue weighted by molar-refractivity contribution is 6.32. The minimum absolute atomic E-state index is 0.325. The maximum Gasteiger partial charge on any atom is 0.271 e. The van der Waals surface area contributed by atoms with Gasteiger partial charge in [-0.1, -0.05) is 11.6 Å².